The van der Waals surface area contributed by atoms with Gasteiger partial charge in [0.25, 0.3) is 0 Å². The lowest BCUT2D eigenvalue weighted by atomic mass is 10.1. The minimum atomic E-state index is 0.208. The van der Waals surface area contributed by atoms with Crippen LogP contribution in [0.15, 0.2) is 30.3 Å². The minimum Gasteiger partial charge on any atom is -0.371 e. The van der Waals surface area contributed by atoms with Gasteiger partial charge in [0.15, 0.2) is 0 Å². The fourth-order valence-corrected chi connectivity index (χ4v) is 2.40. The van der Waals surface area contributed by atoms with Gasteiger partial charge in [-0.3, -0.25) is 4.90 Å². The molecule has 1 fully saturated rings. The third-order valence-corrected chi connectivity index (χ3v) is 3.97. The first-order valence-corrected chi connectivity index (χ1v) is 6.79. The number of hydrogen-bond donors (Lipinski definition) is 1. The first-order valence-electron chi connectivity index (χ1n) is 6.27. The van der Waals surface area contributed by atoms with Crippen molar-refractivity contribution in [2.75, 3.05) is 19.7 Å². The van der Waals surface area contributed by atoms with Gasteiger partial charge in [-0.2, -0.15) is 12.6 Å². The van der Waals surface area contributed by atoms with Crippen molar-refractivity contribution in [1.82, 2.24) is 4.90 Å². The van der Waals surface area contributed by atoms with Gasteiger partial charge < -0.3 is 4.74 Å². The smallest absolute Gasteiger partial charge is 0.0952 e. The zero-order valence-corrected chi connectivity index (χ0v) is 11.4. The molecule has 94 valence electrons. The van der Waals surface area contributed by atoms with Crippen LogP contribution in [-0.2, 0) is 4.74 Å². The number of ether oxygens (including phenoxy) is 1. The van der Waals surface area contributed by atoms with E-state index in [4.69, 9.17) is 4.74 Å². The molecule has 3 unspecified atom stereocenters. The summed E-state index contributed by atoms with van der Waals surface area (Å²) in [6, 6.07) is 11.0. The molecule has 1 aromatic carbocycles. The molecule has 0 aliphatic carbocycles. The highest BCUT2D eigenvalue weighted by Gasteiger charge is 2.26. The van der Waals surface area contributed by atoms with E-state index in [0.717, 1.165) is 19.7 Å². The number of morpholine rings is 1. The Hall–Kier alpha value is -0.510. The quantitative estimate of drug-likeness (QED) is 0.829. The molecule has 17 heavy (non-hydrogen) atoms. The van der Waals surface area contributed by atoms with Crippen LogP contribution >= 0.6 is 12.6 Å². The Morgan fingerprint density at radius 2 is 2.00 bits per heavy atom. The highest BCUT2D eigenvalue weighted by Crippen LogP contribution is 2.24. The lowest BCUT2D eigenvalue weighted by Gasteiger charge is -2.38. The van der Waals surface area contributed by atoms with Crippen molar-refractivity contribution in [3.05, 3.63) is 35.9 Å². The van der Waals surface area contributed by atoms with Crippen LogP contribution in [0.3, 0.4) is 0 Å². The maximum Gasteiger partial charge on any atom is 0.0952 e. The molecule has 1 aliphatic heterocycles. The second-order valence-electron chi connectivity index (χ2n) is 4.75. The highest BCUT2D eigenvalue weighted by molar-refractivity contribution is 7.81. The Balaban J connectivity index is 2.02. The molecule has 3 atom stereocenters. The second kappa shape index (κ2) is 5.89. The normalized spacial score (nSPS) is 25.5. The summed E-state index contributed by atoms with van der Waals surface area (Å²) in [7, 11) is 0. The van der Waals surface area contributed by atoms with Crippen molar-refractivity contribution in [3.8, 4) is 0 Å². The molecule has 3 heteroatoms. The van der Waals surface area contributed by atoms with Gasteiger partial charge in [0.1, 0.15) is 0 Å². The lowest BCUT2D eigenvalue weighted by molar-refractivity contribution is -0.0421. The predicted molar refractivity (Wildman–Crippen MR) is 74.6 cm³/mol. The van der Waals surface area contributed by atoms with E-state index in [1.165, 1.54) is 5.56 Å². The average molecular weight is 251 g/mol. The predicted octanol–water partition coefficient (Wildman–Crippen LogP) is 2.77. The largest absolute Gasteiger partial charge is 0.371 e. The summed E-state index contributed by atoms with van der Waals surface area (Å²) in [6.45, 7) is 7.18. The van der Waals surface area contributed by atoms with Gasteiger partial charge in [-0.25, -0.2) is 0 Å². The average Bonchev–Trinajstić information content (AvgIpc) is 2.39. The molecular formula is C14H21NOS. The van der Waals surface area contributed by atoms with Crippen molar-refractivity contribution in [2.45, 2.75) is 31.2 Å². The monoisotopic (exact) mass is 251 g/mol. The number of thiol groups is 1. The minimum absolute atomic E-state index is 0.208. The summed E-state index contributed by atoms with van der Waals surface area (Å²) >= 11 is 4.54. The summed E-state index contributed by atoms with van der Waals surface area (Å²) in [5.41, 5.74) is 1.27. The van der Waals surface area contributed by atoms with E-state index in [2.05, 4.69) is 55.6 Å². The molecule has 0 amide bonds. The molecule has 0 saturated carbocycles. The second-order valence-corrected chi connectivity index (χ2v) is 5.56. The molecule has 0 radical (unpaired) electrons. The van der Waals surface area contributed by atoms with Crippen LogP contribution < -0.4 is 0 Å². The lowest BCUT2D eigenvalue weighted by Crippen LogP contribution is -2.46. The number of rotatable bonds is 3. The van der Waals surface area contributed by atoms with Crippen molar-refractivity contribution in [1.29, 1.82) is 0 Å². The third kappa shape index (κ3) is 3.24. The van der Waals surface area contributed by atoms with Crippen LogP contribution in [0.4, 0.5) is 0 Å². The maximum absolute atomic E-state index is 5.86. The first-order chi connectivity index (χ1) is 8.18. The van der Waals surface area contributed by atoms with Crippen LogP contribution in [-0.4, -0.2) is 35.9 Å². The summed E-state index contributed by atoms with van der Waals surface area (Å²) in [4.78, 5) is 2.47. The first kappa shape index (κ1) is 12.9. The van der Waals surface area contributed by atoms with Crippen LogP contribution in [0.5, 0.6) is 0 Å². The fraction of sp³-hybridized carbons (Fsp3) is 0.571. The van der Waals surface area contributed by atoms with Crippen LogP contribution in [0.25, 0.3) is 0 Å². The summed E-state index contributed by atoms with van der Waals surface area (Å²) in [5, 5.41) is 0.393. The molecule has 0 bridgehead atoms. The van der Waals surface area contributed by atoms with Crippen molar-refractivity contribution >= 4 is 12.6 Å². The molecule has 0 N–H and O–H groups in total. The third-order valence-electron chi connectivity index (χ3n) is 3.54. The van der Waals surface area contributed by atoms with Gasteiger partial charge in [-0.1, -0.05) is 37.3 Å². The number of nitrogens with zero attached hydrogens (tertiary/aromatic N) is 1. The molecule has 1 aromatic rings. The molecule has 2 nitrogen and oxygen atoms in total. The zero-order chi connectivity index (χ0) is 12.3. The van der Waals surface area contributed by atoms with Gasteiger partial charge in [0, 0.05) is 24.4 Å². The van der Waals surface area contributed by atoms with E-state index < -0.39 is 0 Å². The standard InChI is InChI=1S/C14H21NOS/c1-11(12(2)17)15-8-9-16-14(10-15)13-6-4-3-5-7-13/h3-7,11-12,14,17H,8-10H2,1-2H3. The summed E-state index contributed by atoms with van der Waals surface area (Å²) < 4.78 is 5.86. The van der Waals surface area contributed by atoms with E-state index in [0.29, 0.717) is 11.3 Å². The molecule has 1 heterocycles. The van der Waals surface area contributed by atoms with Gasteiger partial charge in [0.05, 0.1) is 12.7 Å². The van der Waals surface area contributed by atoms with E-state index in [-0.39, 0.29) is 6.10 Å². The molecule has 0 aromatic heterocycles. The van der Waals surface area contributed by atoms with E-state index in [9.17, 15) is 0 Å². The summed E-state index contributed by atoms with van der Waals surface area (Å²) in [6.07, 6.45) is 0.208. The van der Waals surface area contributed by atoms with E-state index in [1.54, 1.807) is 0 Å². The highest BCUT2D eigenvalue weighted by atomic mass is 32.1. The van der Waals surface area contributed by atoms with Crippen molar-refractivity contribution < 1.29 is 4.74 Å². The van der Waals surface area contributed by atoms with E-state index >= 15 is 0 Å². The maximum atomic E-state index is 5.86. The Bertz CT molecular complexity index is 341. The summed E-state index contributed by atoms with van der Waals surface area (Å²) in [5.74, 6) is 0. The van der Waals surface area contributed by atoms with Gasteiger partial charge in [-0.15, -0.1) is 0 Å². The molecule has 0 spiro atoms. The molecule has 1 aliphatic rings. The Morgan fingerprint density at radius 3 is 2.65 bits per heavy atom. The fourth-order valence-electron chi connectivity index (χ4n) is 2.21. The van der Waals surface area contributed by atoms with Crippen LogP contribution in [0.1, 0.15) is 25.5 Å². The topological polar surface area (TPSA) is 12.5 Å². The molecule has 1 saturated heterocycles. The number of benzene rings is 1. The van der Waals surface area contributed by atoms with Gasteiger partial charge in [-0.05, 0) is 12.5 Å². The number of hydrogen-bond acceptors (Lipinski definition) is 3. The van der Waals surface area contributed by atoms with Gasteiger partial charge >= 0.3 is 0 Å². The Labute approximate surface area is 109 Å². The van der Waals surface area contributed by atoms with Crippen LogP contribution in [0.2, 0.25) is 0 Å². The zero-order valence-electron chi connectivity index (χ0n) is 10.5. The van der Waals surface area contributed by atoms with Gasteiger partial charge in [0.2, 0.25) is 0 Å². The molecular weight excluding hydrogens is 230 g/mol. The Kier molecular flexibility index (Phi) is 4.48. The Morgan fingerprint density at radius 1 is 1.29 bits per heavy atom. The van der Waals surface area contributed by atoms with E-state index in [1.807, 2.05) is 6.07 Å². The van der Waals surface area contributed by atoms with Crippen molar-refractivity contribution in [2.24, 2.45) is 0 Å². The van der Waals surface area contributed by atoms with Crippen molar-refractivity contribution in [3.63, 3.8) is 0 Å². The SMILES string of the molecule is CC(S)C(C)N1CCOC(c2ccccc2)C1. The van der Waals surface area contributed by atoms with Crippen LogP contribution in [0, 0.1) is 0 Å². The molecule has 2 rings (SSSR count).